The van der Waals surface area contributed by atoms with Crippen molar-refractivity contribution in [3.8, 4) is 0 Å². The van der Waals surface area contributed by atoms with Crippen LogP contribution in [0.4, 0.5) is 18.9 Å². The minimum absolute atomic E-state index is 0.285. The summed E-state index contributed by atoms with van der Waals surface area (Å²) in [6.07, 6.45) is -2.38. The van der Waals surface area contributed by atoms with Crippen LogP contribution in [0.2, 0.25) is 0 Å². The molecular weight excluding hydrogens is 283 g/mol. The molecule has 1 fully saturated rings. The normalized spacial score (nSPS) is 16.9. The Hall–Kier alpha value is -0.710. The first kappa shape index (κ1) is 11.8. The quantitative estimate of drug-likeness (QED) is 0.754. The van der Waals surface area contributed by atoms with Crippen LogP contribution in [0, 0.1) is 0 Å². The smallest absolute Gasteiger partial charge is 0.370 e. The molecule has 1 heterocycles. The monoisotopic (exact) mass is 293 g/mol. The van der Waals surface area contributed by atoms with Gasteiger partial charge in [-0.25, -0.2) is 0 Å². The molecule has 2 rings (SSSR count). The summed E-state index contributed by atoms with van der Waals surface area (Å²) >= 11 is 3.21. The maximum absolute atomic E-state index is 12.8. The van der Waals surface area contributed by atoms with E-state index in [4.69, 9.17) is 0 Å². The molecule has 0 aromatic heterocycles. The number of hydrogen-bond donors (Lipinski definition) is 0. The summed E-state index contributed by atoms with van der Waals surface area (Å²) in [6, 6.07) is 4.22. The Kier molecular flexibility index (Phi) is 3.15. The van der Waals surface area contributed by atoms with Gasteiger partial charge in [-0.05, 0) is 40.9 Å². The average Bonchev–Trinajstić information content (AvgIpc) is 2.68. The van der Waals surface area contributed by atoms with Gasteiger partial charge in [-0.3, -0.25) is 0 Å². The van der Waals surface area contributed by atoms with Crippen LogP contribution in [-0.4, -0.2) is 13.1 Å². The van der Waals surface area contributed by atoms with E-state index >= 15 is 0 Å². The minimum atomic E-state index is -4.29. The molecule has 0 N–H and O–H groups in total. The molecule has 0 aliphatic carbocycles. The first-order valence-corrected chi connectivity index (χ1v) is 5.90. The molecule has 0 spiro atoms. The third-order valence-corrected chi connectivity index (χ3v) is 3.35. The van der Waals surface area contributed by atoms with Gasteiger partial charge in [-0.2, -0.15) is 13.2 Å². The Labute approximate surface area is 100 Å². The predicted octanol–water partition coefficient (Wildman–Crippen LogP) is 4.07. The highest BCUT2D eigenvalue weighted by Gasteiger charge is 2.36. The molecule has 0 saturated carbocycles. The zero-order valence-electron chi connectivity index (χ0n) is 8.52. The van der Waals surface area contributed by atoms with Gasteiger partial charge in [0.1, 0.15) is 0 Å². The molecule has 5 heteroatoms. The topological polar surface area (TPSA) is 3.24 Å². The first-order chi connectivity index (χ1) is 7.50. The van der Waals surface area contributed by atoms with Crippen molar-refractivity contribution in [2.75, 3.05) is 18.0 Å². The summed E-state index contributed by atoms with van der Waals surface area (Å²) in [5.74, 6) is 0. The zero-order chi connectivity index (χ0) is 11.8. The Morgan fingerprint density at radius 2 is 1.75 bits per heavy atom. The van der Waals surface area contributed by atoms with Crippen molar-refractivity contribution in [1.82, 2.24) is 0 Å². The number of rotatable bonds is 1. The van der Waals surface area contributed by atoms with E-state index in [0.717, 1.165) is 18.9 Å². The Morgan fingerprint density at radius 3 is 2.31 bits per heavy atom. The van der Waals surface area contributed by atoms with Crippen molar-refractivity contribution >= 4 is 21.6 Å². The van der Waals surface area contributed by atoms with Crippen molar-refractivity contribution in [1.29, 1.82) is 0 Å². The van der Waals surface area contributed by atoms with E-state index in [1.165, 1.54) is 6.07 Å². The van der Waals surface area contributed by atoms with Crippen LogP contribution in [0.5, 0.6) is 0 Å². The summed E-state index contributed by atoms with van der Waals surface area (Å²) in [4.78, 5) is 1.80. The minimum Gasteiger partial charge on any atom is -0.370 e. The third-order valence-electron chi connectivity index (χ3n) is 2.71. The average molecular weight is 294 g/mol. The van der Waals surface area contributed by atoms with Gasteiger partial charge >= 0.3 is 6.18 Å². The fourth-order valence-electron chi connectivity index (χ4n) is 2.01. The summed E-state index contributed by atoms with van der Waals surface area (Å²) in [5, 5.41) is 0. The van der Waals surface area contributed by atoms with Crippen molar-refractivity contribution in [3.63, 3.8) is 0 Å². The van der Waals surface area contributed by atoms with Crippen molar-refractivity contribution in [3.05, 3.63) is 28.2 Å². The molecule has 16 heavy (non-hydrogen) atoms. The maximum Gasteiger partial charge on any atom is 0.418 e. The fraction of sp³-hybridized carbons (Fsp3) is 0.455. The van der Waals surface area contributed by atoms with E-state index in [1.54, 1.807) is 11.0 Å². The molecule has 1 aromatic rings. The van der Waals surface area contributed by atoms with Gasteiger partial charge in [0.25, 0.3) is 0 Å². The first-order valence-electron chi connectivity index (χ1n) is 5.11. The van der Waals surface area contributed by atoms with Gasteiger partial charge in [0.05, 0.1) is 11.3 Å². The van der Waals surface area contributed by atoms with Gasteiger partial charge in [-0.15, -0.1) is 0 Å². The second kappa shape index (κ2) is 4.28. The third kappa shape index (κ3) is 2.19. The summed E-state index contributed by atoms with van der Waals surface area (Å²) in [7, 11) is 0. The molecule has 0 bridgehead atoms. The van der Waals surface area contributed by atoms with Crippen LogP contribution in [0.3, 0.4) is 0 Å². The van der Waals surface area contributed by atoms with Crippen LogP contribution >= 0.6 is 15.9 Å². The Bertz CT molecular complexity index is 383. The second-order valence-corrected chi connectivity index (χ2v) is 4.68. The standard InChI is InChI=1S/C11H11BrF3N/c12-9-5-3-4-8(11(13,14)15)10(9)16-6-1-2-7-16/h3-5H,1-2,6-7H2. The lowest BCUT2D eigenvalue weighted by Gasteiger charge is -2.23. The van der Waals surface area contributed by atoms with Crippen LogP contribution < -0.4 is 4.90 Å². The number of nitrogens with zero attached hydrogens (tertiary/aromatic N) is 1. The van der Waals surface area contributed by atoms with E-state index in [0.29, 0.717) is 17.6 Å². The summed E-state index contributed by atoms with van der Waals surface area (Å²) < 4.78 is 39.0. The van der Waals surface area contributed by atoms with Crippen molar-refractivity contribution in [2.24, 2.45) is 0 Å². The van der Waals surface area contributed by atoms with Crippen LogP contribution in [-0.2, 0) is 6.18 Å². The van der Waals surface area contributed by atoms with Crippen LogP contribution in [0.1, 0.15) is 18.4 Å². The van der Waals surface area contributed by atoms with Gasteiger partial charge < -0.3 is 4.90 Å². The molecule has 0 unspecified atom stereocenters. The van der Waals surface area contributed by atoms with E-state index < -0.39 is 11.7 Å². The Balaban J connectivity index is 2.48. The lowest BCUT2D eigenvalue weighted by molar-refractivity contribution is -0.137. The van der Waals surface area contributed by atoms with Crippen LogP contribution in [0.15, 0.2) is 22.7 Å². The highest BCUT2D eigenvalue weighted by molar-refractivity contribution is 9.10. The number of hydrogen-bond acceptors (Lipinski definition) is 1. The molecule has 0 radical (unpaired) electrons. The highest BCUT2D eigenvalue weighted by atomic mass is 79.9. The molecule has 88 valence electrons. The van der Waals surface area contributed by atoms with Gasteiger partial charge in [-0.1, -0.05) is 6.07 Å². The van der Waals surface area contributed by atoms with Gasteiger partial charge in [0, 0.05) is 17.6 Å². The van der Waals surface area contributed by atoms with E-state index in [-0.39, 0.29) is 5.69 Å². The number of alkyl halides is 3. The van der Waals surface area contributed by atoms with Gasteiger partial charge in [0.2, 0.25) is 0 Å². The Morgan fingerprint density at radius 1 is 1.12 bits per heavy atom. The molecule has 1 aliphatic heterocycles. The molecular formula is C11H11BrF3N. The fourth-order valence-corrected chi connectivity index (χ4v) is 2.62. The highest BCUT2D eigenvalue weighted by Crippen LogP contribution is 2.41. The molecule has 1 aliphatic rings. The van der Waals surface area contributed by atoms with Crippen molar-refractivity contribution < 1.29 is 13.2 Å². The van der Waals surface area contributed by atoms with Gasteiger partial charge in [0.15, 0.2) is 0 Å². The van der Waals surface area contributed by atoms with E-state index in [2.05, 4.69) is 15.9 Å². The zero-order valence-corrected chi connectivity index (χ0v) is 10.1. The molecule has 1 nitrogen and oxygen atoms in total. The maximum atomic E-state index is 12.8. The SMILES string of the molecule is FC(F)(F)c1cccc(Br)c1N1CCCC1. The number of anilines is 1. The summed E-state index contributed by atoms with van der Waals surface area (Å²) in [6.45, 7) is 1.40. The predicted molar refractivity (Wildman–Crippen MR) is 60.6 cm³/mol. The molecule has 0 atom stereocenters. The lowest BCUT2D eigenvalue weighted by atomic mass is 10.1. The number of para-hydroxylation sites is 1. The van der Waals surface area contributed by atoms with E-state index in [9.17, 15) is 13.2 Å². The summed E-state index contributed by atoms with van der Waals surface area (Å²) in [5.41, 5.74) is -0.267. The molecule has 0 amide bonds. The molecule has 1 aromatic carbocycles. The van der Waals surface area contributed by atoms with E-state index in [1.807, 2.05) is 0 Å². The molecule has 1 saturated heterocycles. The number of halogens is 4. The van der Waals surface area contributed by atoms with Crippen molar-refractivity contribution in [2.45, 2.75) is 19.0 Å². The van der Waals surface area contributed by atoms with Crippen LogP contribution in [0.25, 0.3) is 0 Å². The largest absolute Gasteiger partial charge is 0.418 e. The number of benzene rings is 1. The lowest BCUT2D eigenvalue weighted by Crippen LogP contribution is -2.22. The second-order valence-electron chi connectivity index (χ2n) is 3.83.